The molecule has 0 radical (unpaired) electrons. The second-order valence-corrected chi connectivity index (χ2v) is 3.54. The van der Waals surface area contributed by atoms with Crippen LogP contribution in [-0.2, 0) is 14.3 Å². The third kappa shape index (κ3) is 6.99. The molecule has 6 nitrogen and oxygen atoms in total. The molecular weight excluding hydrogens is 257 g/mol. The highest BCUT2D eigenvalue weighted by molar-refractivity contribution is 5.77. The molecule has 1 rings (SSSR count). The van der Waals surface area contributed by atoms with Crippen molar-refractivity contribution in [2.45, 2.75) is 0 Å². The zero-order valence-electron chi connectivity index (χ0n) is 10.1. The van der Waals surface area contributed by atoms with E-state index in [1.54, 1.807) is 0 Å². The first-order chi connectivity index (χ1) is 9.08. The predicted molar refractivity (Wildman–Crippen MR) is 63.4 cm³/mol. The Kier molecular flexibility index (Phi) is 6.31. The zero-order chi connectivity index (χ0) is 14.1. The van der Waals surface area contributed by atoms with Crippen LogP contribution in [-0.4, -0.2) is 43.3 Å². The maximum Gasteiger partial charge on any atom is 0.329 e. The van der Waals surface area contributed by atoms with Gasteiger partial charge in [0.05, 0.1) is 6.61 Å². The Hall–Kier alpha value is -2.15. The molecule has 1 aromatic carbocycles. The summed E-state index contributed by atoms with van der Waals surface area (Å²) in [5.74, 6) is -1.65. The van der Waals surface area contributed by atoms with E-state index in [-0.39, 0.29) is 25.5 Å². The van der Waals surface area contributed by atoms with E-state index in [9.17, 15) is 14.0 Å². The summed E-state index contributed by atoms with van der Waals surface area (Å²) in [6.45, 7) is -0.380. The number of carboxylic acid groups (broad SMARTS) is 1. The number of benzene rings is 1. The Balaban J connectivity index is 2.13. The molecule has 0 aliphatic heterocycles. The monoisotopic (exact) mass is 271 g/mol. The first-order valence-corrected chi connectivity index (χ1v) is 5.52. The SMILES string of the molecule is O=C(O)COCCNC(=O)COc1cccc(F)c1. The number of hydrogen-bond donors (Lipinski definition) is 2. The first kappa shape index (κ1) is 14.9. The molecule has 7 heteroatoms. The first-order valence-electron chi connectivity index (χ1n) is 5.52. The Morgan fingerprint density at radius 2 is 2.11 bits per heavy atom. The minimum atomic E-state index is -1.07. The van der Waals surface area contributed by atoms with Crippen molar-refractivity contribution in [3.63, 3.8) is 0 Å². The second kappa shape index (κ2) is 8.04. The van der Waals surface area contributed by atoms with Gasteiger partial charge in [-0.15, -0.1) is 0 Å². The maximum atomic E-state index is 12.8. The molecule has 1 aromatic rings. The quantitative estimate of drug-likeness (QED) is 0.669. The molecule has 0 saturated heterocycles. The molecule has 0 spiro atoms. The third-order valence-corrected chi connectivity index (χ3v) is 1.96. The maximum absolute atomic E-state index is 12.8. The summed E-state index contributed by atoms with van der Waals surface area (Å²) in [6, 6.07) is 5.45. The van der Waals surface area contributed by atoms with Crippen molar-refractivity contribution in [3.05, 3.63) is 30.1 Å². The largest absolute Gasteiger partial charge is 0.484 e. The van der Waals surface area contributed by atoms with Crippen molar-refractivity contribution in [1.82, 2.24) is 5.32 Å². The average Bonchev–Trinajstić information content (AvgIpc) is 2.35. The summed E-state index contributed by atoms with van der Waals surface area (Å²) in [5.41, 5.74) is 0. The van der Waals surface area contributed by atoms with Crippen LogP contribution in [0.3, 0.4) is 0 Å². The second-order valence-electron chi connectivity index (χ2n) is 3.54. The van der Waals surface area contributed by atoms with Crippen LogP contribution in [0, 0.1) is 5.82 Å². The van der Waals surface area contributed by atoms with Crippen molar-refractivity contribution in [2.75, 3.05) is 26.4 Å². The molecule has 0 aliphatic rings. The van der Waals surface area contributed by atoms with Crippen LogP contribution in [0.1, 0.15) is 0 Å². The highest BCUT2D eigenvalue weighted by Gasteiger charge is 2.03. The van der Waals surface area contributed by atoms with Gasteiger partial charge in [-0.2, -0.15) is 0 Å². The lowest BCUT2D eigenvalue weighted by Crippen LogP contribution is -2.32. The summed E-state index contributed by atoms with van der Waals surface area (Å²) in [7, 11) is 0. The molecule has 0 unspecified atom stereocenters. The average molecular weight is 271 g/mol. The molecule has 0 aromatic heterocycles. The molecule has 2 N–H and O–H groups in total. The van der Waals surface area contributed by atoms with Gasteiger partial charge in [0.1, 0.15) is 18.2 Å². The van der Waals surface area contributed by atoms with Crippen LogP contribution in [0.25, 0.3) is 0 Å². The van der Waals surface area contributed by atoms with Crippen molar-refractivity contribution in [3.8, 4) is 5.75 Å². The van der Waals surface area contributed by atoms with Gasteiger partial charge in [-0.05, 0) is 12.1 Å². The normalized spacial score (nSPS) is 9.95. The lowest BCUT2D eigenvalue weighted by Gasteiger charge is -2.07. The zero-order valence-corrected chi connectivity index (χ0v) is 10.1. The van der Waals surface area contributed by atoms with Gasteiger partial charge in [0.2, 0.25) is 0 Å². The molecule has 0 fully saturated rings. The number of rotatable bonds is 8. The van der Waals surface area contributed by atoms with Crippen LogP contribution < -0.4 is 10.1 Å². The fraction of sp³-hybridized carbons (Fsp3) is 0.333. The fourth-order valence-electron chi connectivity index (χ4n) is 1.18. The van der Waals surface area contributed by atoms with Gasteiger partial charge in [0.25, 0.3) is 5.91 Å². The molecule has 0 saturated carbocycles. The highest BCUT2D eigenvalue weighted by atomic mass is 19.1. The van der Waals surface area contributed by atoms with Gasteiger partial charge < -0.3 is 19.9 Å². The van der Waals surface area contributed by atoms with Gasteiger partial charge in [0, 0.05) is 12.6 Å². The van der Waals surface area contributed by atoms with E-state index in [0.29, 0.717) is 0 Å². The Morgan fingerprint density at radius 1 is 1.32 bits per heavy atom. The van der Waals surface area contributed by atoms with Crippen LogP contribution >= 0.6 is 0 Å². The number of amides is 1. The lowest BCUT2D eigenvalue weighted by molar-refractivity contribution is -0.142. The van der Waals surface area contributed by atoms with Gasteiger partial charge in [-0.3, -0.25) is 4.79 Å². The van der Waals surface area contributed by atoms with E-state index < -0.39 is 24.3 Å². The van der Waals surface area contributed by atoms with Crippen molar-refractivity contribution < 1.29 is 28.6 Å². The minimum Gasteiger partial charge on any atom is -0.484 e. The third-order valence-electron chi connectivity index (χ3n) is 1.96. The number of ether oxygens (including phenoxy) is 2. The molecular formula is C12H14FNO5. The molecule has 1 amide bonds. The van der Waals surface area contributed by atoms with Crippen molar-refractivity contribution >= 4 is 11.9 Å². The molecule has 19 heavy (non-hydrogen) atoms. The molecule has 0 aliphatic carbocycles. The van der Waals surface area contributed by atoms with Crippen LogP contribution in [0.15, 0.2) is 24.3 Å². The van der Waals surface area contributed by atoms with E-state index in [4.69, 9.17) is 14.6 Å². The Bertz CT molecular complexity index is 438. The Labute approximate surface area is 109 Å². The van der Waals surface area contributed by atoms with Gasteiger partial charge in [0.15, 0.2) is 6.61 Å². The number of aliphatic carboxylic acids is 1. The smallest absolute Gasteiger partial charge is 0.329 e. The lowest BCUT2D eigenvalue weighted by atomic mass is 10.3. The number of carboxylic acids is 1. The van der Waals surface area contributed by atoms with E-state index in [1.807, 2.05) is 0 Å². The van der Waals surface area contributed by atoms with Gasteiger partial charge in [-0.25, -0.2) is 9.18 Å². The number of halogens is 1. The van der Waals surface area contributed by atoms with Crippen LogP contribution in [0.5, 0.6) is 5.75 Å². The Morgan fingerprint density at radius 3 is 2.79 bits per heavy atom. The van der Waals surface area contributed by atoms with Crippen molar-refractivity contribution in [1.29, 1.82) is 0 Å². The van der Waals surface area contributed by atoms with Gasteiger partial charge in [-0.1, -0.05) is 6.07 Å². The number of hydrogen-bond acceptors (Lipinski definition) is 4. The van der Waals surface area contributed by atoms with E-state index in [1.165, 1.54) is 24.3 Å². The summed E-state index contributed by atoms with van der Waals surface area (Å²) >= 11 is 0. The summed E-state index contributed by atoms with van der Waals surface area (Å²) < 4.78 is 22.6. The summed E-state index contributed by atoms with van der Waals surface area (Å²) in [6.07, 6.45) is 0. The van der Waals surface area contributed by atoms with Crippen molar-refractivity contribution in [2.24, 2.45) is 0 Å². The number of carbonyl (C=O) groups is 2. The molecule has 0 heterocycles. The topological polar surface area (TPSA) is 84.9 Å². The van der Waals surface area contributed by atoms with E-state index in [2.05, 4.69) is 5.32 Å². The van der Waals surface area contributed by atoms with E-state index in [0.717, 1.165) is 0 Å². The van der Waals surface area contributed by atoms with E-state index >= 15 is 0 Å². The van der Waals surface area contributed by atoms with Crippen LogP contribution in [0.4, 0.5) is 4.39 Å². The van der Waals surface area contributed by atoms with Crippen LogP contribution in [0.2, 0.25) is 0 Å². The highest BCUT2D eigenvalue weighted by Crippen LogP contribution is 2.11. The summed E-state index contributed by atoms with van der Waals surface area (Å²) in [4.78, 5) is 21.4. The molecule has 0 bridgehead atoms. The predicted octanol–water partition coefficient (Wildman–Crippen LogP) is 0.422. The minimum absolute atomic E-state index is 0.0952. The molecule has 104 valence electrons. The number of carbonyl (C=O) groups excluding carboxylic acids is 1. The summed E-state index contributed by atoms with van der Waals surface area (Å²) in [5, 5.41) is 10.8. The standard InChI is InChI=1S/C12H14FNO5/c13-9-2-1-3-10(6-9)19-7-11(15)14-4-5-18-8-12(16)17/h1-3,6H,4-5,7-8H2,(H,14,15)(H,16,17). The number of nitrogens with one attached hydrogen (secondary N) is 1. The fourth-order valence-corrected chi connectivity index (χ4v) is 1.18. The van der Waals surface area contributed by atoms with Gasteiger partial charge >= 0.3 is 5.97 Å². The molecule has 0 atom stereocenters.